The van der Waals surface area contributed by atoms with Gasteiger partial charge in [0.2, 0.25) is 5.91 Å². The molecule has 1 saturated heterocycles. The molecular formula is C16H23ClN2O2. The molecule has 1 heterocycles. The second-order valence-electron chi connectivity index (χ2n) is 5.38. The van der Waals surface area contributed by atoms with Crippen LogP contribution in [-0.2, 0) is 9.53 Å². The van der Waals surface area contributed by atoms with Gasteiger partial charge >= 0.3 is 0 Å². The first-order chi connectivity index (χ1) is 10.2. The summed E-state index contributed by atoms with van der Waals surface area (Å²) >= 11 is 6.13. The van der Waals surface area contributed by atoms with E-state index in [4.69, 9.17) is 16.3 Å². The van der Waals surface area contributed by atoms with E-state index >= 15 is 0 Å². The van der Waals surface area contributed by atoms with E-state index < -0.39 is 0 Å². The number of rotatable bonds is 6. The Morgan fingerprint density at radius 3 is 2.86 bits per heavy atom. The number of ether oxygens (including phenoxy) is 1. The van der Waals surface area contributed by atoms with Gasteiger partial charge in [-0.1, -0.05) is 29.8 Å². The van der Waals surface area contributed by atoms with Gasteiger partial charge in [-0.2, -0.15) is 0 Å². The van der Waals surface area contributed by atoms with Crippen LogP contribution in [0.2, 0.25) is 5.02 Å². The van der Waals surface area contributed by atoms with Crippen molar-refractivity contribution < 1.29 is 9.53 Å². The van der Waals surface area contributed by atoms with E-state index in [0.717, 1.165) is 31.5 Å². The van der Waals surface area contributed by atoms with Gasteiger partial charge < -0.3 is 15.4 Å². The Morgan fingerprint density at radius 1 is 1.43 bits per heavy atom. The highest BCUT2D eigenvalue weighted by molar-refractivity contribution is 6.31. The molecule has 0 bridgehead atoms. The van der Waals surface area contributed by atoms with Gasteiger partial charge in [0.05, 0.1) is 18.8 Å². The molecule has 116 valence electrons. The SMILES string of the molecule is CC(NC(=O)CCOC1CCNCC1)c1ccccc1Cl. The molecule has 1 fully saturated rings. The van der Waals surface area contributed by atoms with Crippen molar-refractivity contribution in [1.29, 1.82) is 0 Å². The molecule has 2 N–H and O–H groups in total. The Labute approximate surface area is 131 Å². The molecular weight excluding hydrogens is 288 g/mol. The van der Waals surface area contributed by atoms with Crippen molar-refractivity contribution >= 4 is 17.5 Å². The Balaban J connectivity index is 1.70. The molecule has 0 radical (unpaired) electrons. The van der Waals surface area contributed by atoms with Crippen molar-refractivity contribution in [3.63, 3.8) is 0 Å². The summed E-state index contributed by atoms with van der Waals surface area (Å²) in [6, 6.07) is 7.47. The van der Waals surface area contributed by atoms with Gasteiger partial charge in [-0.05, 0) is 44.5 Å². The van der Waals surface area contributed by atoms with E-state index in [1.54, 1.807) is 0 Å². The van der Waals surface area contributed by atoms with Gasteiger partial charge in [-0.25, -0.2) is 0 Å². The fourth-order valence-electron chi connectivity index (χ4n) is 2.50. The Hall–Kier alpha value is -1.10. The molecule has 4 nitrogen and oxygen atoms in total. The Bertz CT molecular complexity index is 461. The maximum Gasteiger partial charge on any atom is 0.222 e. The number of carbonyl (C=O) groups is 1. The van der Waals surface area contributed by atoms with E-state index in [0.29, 0.717) is 24.2 Å². The van der Waals surface area contributed by atoms with Crippen molar-refractivity contribution in [2.75, 3.05) is 19.7 Å². The number of amides is 1. The lowest BCUT2D eigenvalue weighted by Gasteiger charge is -2.23. The van der Waals surface area contributed by atoms with Crippen LogP contribution in [0.5, 0.6) is 0 Å². The minimum Gasteiger partial charge on any atom is -0.378 e. The maximum absolute atomic E-state index is 11.9. The highest BCUT2D eigenvalue weighted by atomic mass is 35.5. The van der Waals surface area contributed by atoms with E-state index in [1.165, 1.54) is 0 Å². The number of nitrogens with one attached hydrogen (secondary N) is 2. The van der Waals surface area contributed by atoms with Crippen LogP contribution in [0.25, 0.3) is 0 Å². The molecule has 1 aliphatic heterocycles. The highest BCUT2D eigenvalue weighted by Crippen LogP contribution is 2.22. The van der Waals surface area contributed by atoms with Crippen molar-refractivity contribution in [1.82, 2.24) is 10.6 Å². The van der Waals surface area contributed by atoms with E-state index in [-0.39, 0.29) is 11.9 Å². The lowest BCUT2D eigenvalue weighted by molar-refractivity contribution is -0.123. The summed E-state index contributed by atoms with van der Waals surface area (Å²) in [6.45, 7) is 4.42. The second-order valence-corrected chi connectivity index (χ2v) is 5.79. The number of hydrogen-bond donors (Lipinski definition) is 2. The third-order valence-corrected chi connectivity index (χ3v) is 4.06. The van der Waals surface area contributed by atoms with Crippen molar-refractivity contribution in [3.8, 4) is 0 Å². The van der Waals surface area contributed by atoms with Crippen LogP contribution < -0.4 is 10.6 Å². The molecule has 0 saturated carbocycles. The molecule has 5 heteroatoms. The smallest absolute Gasteiger partial charge is 0.222 e. The molecule has 2 rings (SSSR count). The maximum atomic E-state index is 11.9. The number of benzene rings is 1. The Morgan fingerprint density at radius 2 is 2.14 bits per heavy atom. The van der Waals surface area contributed by atoms with Crippen LogP contribution in [0.15, 0.2) is 24.3 Å². The first kappa shape index (κ1) is 16.3. The summed E-state index contributed by atoms with van der Waals surface area (Å²) in [5.74, 6) is -0.00338. The monoisotopic (exact) mass is 310 g/mol. The molecule has 1 unspecified atom stereocenters. The van der Waals surface area contributed by atoms with Crippen molar-refractivity contribution in [2.45, 2.75) is 38.3 Å². The average molecular weight is 311 g/mol. The normalized spacial score (nSPS) is 17.4. The molecule has 1 aromatic rings. The van der Waals surface area contributed by atoms with Crippen LogP contribution in [0.1, 0.15) is 37.8 Å². The van der Waals surface area contributed by atoms with Crippen LogP contribution in [0.4, 0.5) is 0 Å². The third-order valence-electron chi connectivity index (χ3n) is 3.72. The summed E-state index contributed by atoms with van der Waals surface area (Å²) in [4.78, 5) is 11.9. The zero-order valence-corrected chi connectivity index (χ0v) is 13.2. The first-order valence-corrected chi connectivity index (χ1v) is 7.90. The van der Waals surface area contributed by atoms with Gasteiger partial charge in [-0.3, -0.25) is 4.79 Å². The van der Waals surface area contributed by atoms with Crippen LogP contribution in [0.3, 0.4) is 0 Å². The summed E-state index contributed by atoms with van der Waals surface area (Å²) in [7, 11) is 0. The Kier molecular flexibility index (Phi) is 6.49. The van der Waals surface area contributed by atoms with Crippen LogP contribution in [-0.4, -0.2) is 31.7 Å². The molecule has 1 amide bonds. The van der Waals surface area contributed by atoms with Gasteiger partial charge in [0, 0.05) is 11.4 Å². The summed E-state index contributed by atoms with van der Waals surface area (Å²) in [5.41, 5.74) is 0.937. The summed E-state index contributed by atoms with van der Waals surface area (Å²) < 4.78 is 5.74. The van der Waals surface area contributed by atoms with E-state index in [1.807, 2.05) is 31.2 Å². The molecule has 1 atom stereocenters. The number of hydrogen-bond acceptors (Lipinski definition) is 3. The van der Waals surface area contributed by atoms with Crippen molar-refractivity contribution in [2.24, 2.45) is 0 Å². The fourth-order valence-corrected chi connectivity index (χ4v) is 2.80. The van der Waals surface area contributed by atoms with E-state index in [2.05, 4.69) is 10.6 Å². The van der Waals surface area contributed by atoms with Crippen LogP contribution in [0, 0.1) is 0 Å². The average Bonchev–Trinajstić information content (AvgIpc) is 2.48. The molecule has 1 aliphatic rings. The molecule has 0 spiro atoms. The second kappa shape index (κ2) is 8.37. The van der Waals surface area contributed by atoms with Gasteiger partial charge in [-0.15, -0.1) is 0 Å². The molecule has 21 heavy (non-hydrogen) atoms. The summed E-state index contributed by atoms with van der Waals surface area (Å²) in [5, 5.41) is 6.93. The third kappa shape index (κ3) is 5.30. The van der Waals surface area contributed by atoms with Gasteiger partial charge in [0.1, 0.15) is 0 Å². The van der Waals surface area contributed by atoms with Crippen molar-refractivity contribution in [3.05, 3.63) is 34.9 Å². The number of halogens is 1. The molecule has 1 aromatic carbocycles. The minimum atomic E-state index is -0.0925. The van der Waals surface area contributed by atoms with E-state index in [9.17, 15) is 4.79 Å². The summed E-state index contributed by atoms with van der Waals surface area (Å²) in [6.07, 6.45) is 2.73. The topological polar surface area (TPSA) is 50.4 Å². The predicted molar refractivity (Wildman–Crippen MR) is 84.5 cm³/mol. The predicted octanol–water partition coefficient (Wildman–Crippen LogP) is 2.68. The molecule has 0 aromatic heterocycles. The standard InChI is InChI=1S/C16H23ClN2O2/c1-12(14-4-2-3-5-15(14)17)19-16(20)8-11-21-13-6-9-18-10-7-13/h2-5,12-13,18H,6-11H2,1H3,(H,19,20). The van der Waals surface area contributed by atoms with Gasteiger partial charge in [0.15, 0.2) is 0 Å². The zero-order chi connectivity index (χ0) is 15.1. The molecule has 0 aliphatic carbocycles. The van der Waals surface area contributed by atoms with Crippen LogP contribution >= 0.6 is 11.6 Å². The lowest BCUT2D eigenvalue weighted by Crippen LogP contribution is -2.33. The minimum absolute atomic E-state index is 0.00338. The quantitative estimate of drug-likeness (QED) is 0.849. The van der Waals surface area contributed by atoms with Gasteiger partial charge in [0.25, 0.3) is 0 Å². The first-order valence-electron chi connectivity index (χ1n) is 7.53. The number of carbonyl (C=O) groups excluding carboxylic acids is 1. The zero-order valence-electron chi connectivity index (χ0n) is 12.4. The largest absolute Gasteiger partial charge is 0.378 e. The highest BCUT2D eigenvalue weighted by Gasteiger charge is 2.15. The number of piperidine rings is 1. The lowest BCUT2D eigenvalue weighted by atomic mass is 10.1. The fraction of sp³-hybridized carbons (Fsp3) is 0.562.